The first kappa shape index (κ1) is 13.4. The number of carbonyl (C=O) groups is 1. The lowest BCUT2D eigenvalue weighted by Crippen LogP contribution is -2.24. The normalized spacial score (nSPS) is 16.7. The largest absolute Gasteiger partial charge is 0.495 e. The molecule has 1 aliphatic rings. The molecule has 3 rings (SSSR count). The van der Waals surface area contributed by atoms with E-state index in [9.17, 15) is 4.79 Å². The van der Waals surface area contributed by atoms with Crippen LogP contribution in [0.3, 0.4) is 0 Å². The highest BCUT2D eigenvalue weighted by Crippen LogP contribution is 2.32. The van der Waals surface area contributed by atoms with Gasteiger partial charge in [0, 0.05) is 0 Å². The summed E-state index contributed by atoms with van der Waals surface area (Å²) in [4.78, 5) is 11.2. The fraction of sp³-hybridized carbons (Fsp3) is 0.167. The molecule has 0 unspecified atom stereocenters. The Morgan fingerprint density at radius 1 is 1.52 bits per heavy atom. The van der Waals surface area contributed by atoms with Crippen LogP contribution in [0.25, 0.3) is 0 Å². The minimum absolute atomic E-state index is 0.00856. The van der Waals surface area contributed by atoms with Gasteiger partial charge in [-0.2, -0.15) is 4.68 Å². The summed E-state index contributed by atoms with van der Waals surface area (Å²) in [5.74, 6) is -0.297. The van der Waals surface area contributed by atoms with E-state index in [1.807, 2.05) is 0 Å². The highest BCUT2D eigenvalue weighted by molar-refractivity contribution is 6.32. The Kier molecular flexibility index (Phi) is 3.22. The molecule has 0 spiro atoms. The molecule has 9 heteroatoms. The lowest BCUT2D eigenvalue weighted by molar-refractivity contribution is -0.132. The highest BCUT2D eigenvalue weighted by atomic mass is 35.5. The van der Waals surface area contributed by atoms with E-state index >= 15 is 0 Å². The number of anilines is 1. The van der Waals surface area contributed by atoms with E-state index < -0.39 is 12.0 Å². The molecular weight excluding hydrogens is 298 g/mol. The Labute approximate surface area is 124 Å². The molecule has 0 bridgehead atoms. The summed E-state index contributed by atoms with van der Waals surface area (Å²) in [6, 6.07) is 4.71. The third kappa shape index (κ3) is 2.29. The number of carboxylic acid groups (broad SMARTS) is 1. The lowest BCUT2D eigenvalue weighted by Gasteiger charge is -2.21. The number of hydrogen-bond acceptors (Lipinski definition) is 6. The molecule has 2 aromatic rings. The number of allylic oxidation sites excluding steroid dienone is 1. The van der Waals surface area contributed by atoms with Crippen LogP contribution in [0.2, 0.25) is 5.02 Å². The van der Waals surface area contributed by atoms with E-state index in [2.05, 4.69) is 20.8 Å². The lowest BCUT2D eigenvalue weighted by atomic mass is 10.0. The summed E-state index contributed by atoms with van der Waals surface area (Å²) in [7, 11) is 1.52. The predicted octanol–water partition coefficient (Wildman–Crippen LogP) is 1.32. The molecule has 21 heavy (non-hydrogen) atoms. The van der Waals surface area contributed by atoms with E-state index in [0.29, 0.717) is 10.8 Å². The molecule has 0 fully saturated rings. The molecule has 1 atom stereocenters. The number of nitrogens with zero attached hydrogens (tertiary/aromatic N) is 4. The fourth-order valence-electron chi connectivity index (χ4n) is 2.08. The van der Waals surface area contributed by atoms with Gasteiger partial charge >= 0.3 is 5.97 Å². The van der Waals surface area contributed by atoms with Gasteiger partial charge in [0.25, 0.3) is 0 Å². The summed E-state index contributed by atoms with van der Waals surface area (Å²) < 4.78 is 6.58. The van der Waals surface area contributed by atoms with Crippen LogP contribution in [0.5, 0.6) is 5.75 Å². The molecule has 0 saturated carbocycles. The summed E-state index contributed by atoms with van der Waals surface area (Å²) in [6.07, 6.45) is 1.52. The van der Waals surface area contributed by atoms with Crippen molar-refractivity contribution in [2.24, 2.45) is 0 Å². The molecule has 2 heterocycles. The summed E-state index contributed by atoms with van der Waals surface area (Å²) in [5, 5.41) is 23.4. The Bertz CT molecular complexity index is 742. The van der Waals surface area contributed by atoms with Crippen LogP contribution in [0.15, 0.2) is 30.0 Å². The van der Waals surface area contributed by atoms with Crippen LogP contribution >= 0.6 is 11.6 Å². The number of aliphatic carboxylic acids is 1. The molecule has 1 aliphatic heterocycles. The molecule has 0 saturated heterocycles. The maximum atomic E-state index is 11.2. The van der Waals surface area contributed by atoms with Crippen molar-refractivity contribution < 1.29 is 14.6 Å². The van der Waals surface area contributed by atoms with Gasteiger partial charge in [0.05, 0.1) is 12.1 Å². The Morgan fingerprint density at radius 2 is 2.33 bits per heavy atom. The van der Waals surface area contributed by atoms with E-state index in [1.165, 1.54) is 17.9 Å². The minimum Gasteiger partial charge on any atom is -0.495 e. The number of nitrogens with one attached hydrogen (secondary N) is 1. The van der Waals surface area contributed by atoms with Gasteiger partial charge in [-0.25, -0.2) is 4.79 Å². The smallest absolute Gasteiger partial charge is 0.352 e. The fourth-order valence-corrected chi connectivity index (χ4v) is 2.35. The average Bonchev–Trinajstić information content (AvgIpc) is 2.94. The molecule has 108 valence electrons. The summed E-state index contributed by atoms with van der Waals surface area (Å²) >= 11 is 6.11. The second-order valence-electron chi connectivity index (χ2n) is 4.30. The zero-order valence-electron chi connectivity index (χ0n) is 10.8. The third-order valence-corrected chi connectivity index (χ3v) is 3.37. The Hall–Kier alpha value is -2.61. The van der Waals surface area contributed by atoms with Crippen LogP contribution < -0.4 is 10.1 Å². The van der Waals surface area contributed by atoms with Crippen molar-refractivity contribution in [3.63, 3.8) is 0 Å². The van der Waals surface area contributed by atoms with E-state index in [1.54, 1.807) is 18.2 Å². The van der Waals surface area contributed by atoms with Crippen molar-refractivity contribution >= 4 is 23.5 Å². The molecule has 0 amide bonds. The zero-order chi connectivity index (χ0) is 15.0. The number of benzene rings is 1. The van der Waals surface area contributed by atoms with Crippen LogP contribution in [0.4, 0.5) is 5.95 Å². The first-order valence-corrected chi connectivity index (χ1v) is 6.31. The number of halogens is 1. The maximum Gasteiger partial charge on any atom is 0.352 e. The van der Waals surface area contributed by atoms with Crippen molar-refractivity contribution in [3.8, 4) is 5.75 Å². The maximum absolute atomic E-state index is 11.2. The highest BCUT2D eigenvalue weighted by Gasteiger charge is 2.26. The summed E-state index contributed by atoms with van der Waals surface area (Å²) in [5.41, 5.74) is 0.754. The molecular formula is C12H10ClN5O3. The van der Waals surface area contributed by atoms with Crippen molar-refractivity contribution in [2.45, 2.75) is 6.04 Å². The second kappa shape index (κ2) is 5.06. The van der Waals surface area contributed by atoms with Crippen molar-refractivity contribution in [1.29, 1.82) is 0 Å². The molecule has 1 aromatic carbocycles. The van der Waals surface area contributed by atoms with Gasteiger partial charge in [-0.05, 0) is 34.2 Å². The zero-order valence-corrected chi connectivity index (χ0v) is 11.6. The molecule has 0 aliphatic carbocycles. The van der Waals surface area contributed by atoms with Crippen molar-refractivity contribution in [2.75, 3.05) is 12.4 Å². The van der Waals surface area contributed by atoms with E-state index in [4.69, 9.17) is 21.4 Å². The predicted molar refractivity (Wildman–Crippen MR) is 73.3 cm³/mol. The number of fused-ring (bicyclic) bond motifs is 1. The summed E-state index contributed by atoms with van der Waals surface area (Å²) in [6.45, 7) is 0. The van der Waals surface area contributed by atoms with Crippen molar-refractivity contribution in [1.82, 2.24) is 20.2 Å². The quantitative estimate of drug-likeness (QED) is 0.881. The Balaban J connectivity index is 2.08. The van der Waals surface area contributed by atoms with Gasteiger partial charge in [-0.15, -0.1) is 0 Å². The number of aromatic nitrogens is 4. The van der Waals surface area contributed by atoms with Gasteiger partial charge in [-0.1, -0.05) is 22.8 Å². The number of carboxylic acids is 1. The average molecular weight is 308 g/mol. The number of tetrazole rings is 1. The van der Waals surface area contributed by atoms with Gasteiger partial charge in [0.15, 0.2) is 0 Å². The minimum atomic E-state index is -1.09. The van der Waals surface area contributed by atoms with Gasteiger partial charge < -0.3 is 15.2 Å². The monoisotopic (exact) mass is 307 g/mol. The van der Waals surface area contributed by atoms with Crippen molar-refractivity contribution in [3.05, 3.63) is 40.6 Å². The molecule has 2 N–H and O–H groups in total. The number of ether oxygens (including phenoxy) is 1. The van der Waals surface area contributed by atoms with Gasteiger partial charge in [0.1, 0.15) is 17.5 Å². The Morgan fingerprint density at radius 3 is 3.00 bits per heavy atom. The second-order valence-corrected chi connectivity index (χ2v) is 4.70. The van der Waals surface area contributed by atoms with Crippen LogP contribution in [0.1, 0.15) is 11.6 Å². The third-order valence-electron chi connectivity index (χ3n) is 3.08. The standard InChI is InChI=1S/C12H10ClN5O3/c1-21-10-3-2-6(4-7(10)13)9-5-8(11(19)20)14-12-15-16-17-18(9)12/h2-5,9H,1H3,(H,19,20)(H,14,15,17)/t9-/m0/s1. The number of hydrogen-bond donors (Lipinski definition) is 2. The van der Waals surface area contributed by atoms with Gasteiger partial charge in [-0.3, -0.25) is 0 Å². The van der Waals surface area contributed by atoms with Gasteiger partial charge in [0.2, 0.25) is 5.95 Å². The van der Waals surface area contributed by atoms with Crippen LogP contribution in [0, 0.1) is 0 Å². The van der Waals surface area contributed by atoms with Crippen LogP contribution in [-0.2, 0) is 4.79 Å². The van der Waals surface area contributed by atoms with E-state index in [-0.39, 0.29) is 11.6 Å². The molecule has 1 aromatic heterocycles. The van der Waals surface area contributed by atoms with E-state index in [0.717, 1.165) is 5.56 Å². The first-order valence-electron chi connectivity index (χ1n) is 5.93. The van der Waals surface area contributed by atoms with Crippen LogP contribution in [-0.4, -0.2) is 38.4 Å². The first-order chi connectivity index (χ1) is 10.1. The molecule has 0 radical (unpaired) electrons. The molecule has 8 nitrogen and oxygen atoms in total. The number of rotatable bonds is 3. The SMILES string of the molecule is COc1ccc([C@@H]2C=C(C(=O)O)Nc3nnnn32)cc1Cl. The topological polar surface area (TPSA) is 102 Å². The number of methoxy groups -OCH3 is 1.